The van der Waals surface area contributed by atoms with E-state index < -0.39 is 5.60 Å². The van der Waals surface area contributed by atoms with E-state index in [0.717, 1.165) is 49.5 Å². The number of aromatic nitrogens is 4. The third-order valence-electron chi connectivity index (χ3n) is 10.8. The number of piperazine rings is 1. The molecule has 0 spiro atoms. The van der Waals surface area contributed by atoms with Crippen molar-refractivity contribution in [1.82, 2.24) is 24.6 Å². The summed E-state index contributed by atoms with van der Waals surface area (Å²) in [6.45, 7) is 9.96. The number of phenolic OH excluding ortho intramolecular Hbond substituents is 1. The lowest BCUT2D eigenvalue weighted by Crippen LogP contribution is -2.50. The minimum Gasteiger partial charge on any atom is -0.505 e. The number of benzene rings is 2. The maximum Gasteiger partial charge on any atom is 0.410 e. The second-order valence-corrected chi connectivity index (χ2v) is 15.5. The number of ether oxygens (including phenoxy) is 4. The van der Waals surface area contributed by atoms with Crippen molar-refractivity contribution in [3.63, 3.8) is 0 Å². The van der Waals surface area contributed by atoms with Crippen molar-refractivity contribution in [3.8, 4) is 22.9 Å². The van der Waals surface area contributed by atoms with Crippen LogP contribution in [0.4, 0.5) is 15.0 Å². The number of phenols is 1. The van der Waals surface area contributed by atoms with Gasteiger partial charge in [-0.1, -0.05) is 0 Å². The molecule has 264 valence electrons. The molecule has 2 aromatic heterocycles. The van der Waals surface area contributed by atoms with E-state index in [2.05, 4.69) is 11.0 Å². The van der Waals surface area contributed by atoms with Gasteiger partial charge in [-0.05, 0) is 89.3 Å². The first-order chi connectivity index (χ1) is 24.0. The highest BCUT2D eigenvalue weighted by Crippen LogP contribution is 2.53. The van der Waals surface area contributed by atoms with Gasteiger partial charge in [0.15, 0.2) is 6.23 Å². The fourth-order valence-electron chi connectivity index (χ4n) is 8.11. The average molecular weight is 687 g/mol. The summed E-state index contributed by atoms with van der Waals surface area (Å²) in [5.74, 6) is 0.461. The van der Waals surface area contributed by atoms with Crippen LogP contribution in [0.1, 0.15) is 82.6 Å². The van der Waals surface area contributed by atoms with Crippen LogP contribution in [0.2, 0.25) is 0 Å². The highest BCUT2D eigenvalue weighted by molar-refractivity contribution is 6.06. The van der Waals surface area contributed by atoms with Gasteiger partial charge in [-0.25, -0.2) is 13.9 Å². The lowest BCUT2D eigenvalue weighted by atomic mass is 9.88. The number of hydrogen-bond donors (Lipinski definition) is 1. The van der Waals surface area contributed by atoms with Gasteiger partial charge < -0.3 is 33.9 Å². The Bertz CT molecular complexity index is 2010. The molecular weight excluding hydrogens is 643 g/mol. The van der Waals surface area contributed by atoms with Crippen molar-refractivity contribution in [3.05, 3.63) is 35.3 Å². The fraction of sp³-hybridized carbons (Fsp3) is 0.568. The number of likely N-dealkylation sites (tertiary alicyclic amines) is 1. The van der Waals surface area contributed by atoms with Gasteiger partial charge in [-0.2, -0.15) is 15.1 Å². The molecule has 5 aliphatic rings. The number of amides is 1. The maximum absolute atomic E-state index is 15.9. The summed E-state index contributed by atoms with van der Waals surface area (Å²) >= 11 is 0. The van der Waals surface area contributed by atoms with Gasteiger partial charge in [0, 0.05) is 47.7 Å². The highest BCUT2D eigenvalue weighted by atomic mass is 19.1. The van der Waals surface area contributed by atoms with Crippen LogP contribution in [0.15, 0.2) is 18.3 Å². The molecule has 1 aliphatic carbocycles. The Hall–Kier alpha value is -4.23. The Balaban J connectivity index is 1.19. The molecule has 9 rings (SSSR count). The van der Waals surface area contributed by atoms with Crippen LogP contribution in [0.5, 0.6) is 11.8 Å². The first kappa shape index (κ1) is 31.7. The first-order valence-corrected chi connectivity index (χ1v) is 17.9. The van der Waals surface area contributed by atoms with Gasteiger partial charge >= 0.3 is 12.1 Å². The minimum atomic E-state index is -0.582. The SMILES string of the molecule is Cc1c(F)cc2c(cnn2C2CCCCO2)c1-c1c(C2CC2)cc2c(N3C[C@@H]4C[C@H]3CN4C(=O)OC(C)(C)C)nc(OC3COC3)nc2c1O. The Kier molecular flexibility index (Phi) is 7.40. The molecule has 13 heteroatoms. The lowest BCUT2D eigenvalue weighted by molar-refractivity contribution is -0.0829. The van der Waals surface area contributed by atoms with E-state index in [0.29, 0.717) is 71.8 Å². The maximum atomic E-state index is 15.9. The average Bonchev–Trinajstić information content (AvgIpc) is 3.50. The highest BCUT2D eigenvalue weighted by Gasteiger charge is 2.48. The number of carbonyl (C=O) groups excluding carboxylic acids is 1. The Morgan fingerprint density at radius 2 is 1.86 bits per heavy atom. The van der Waals surface area contributed by atoms with Gasteiger partial charge in [0.1, 0.15) is 34.6 Å². The van der Waals surface area contributed by atoms with Crippen LogP contribution in [-0.2, 0) is 14.2 Å². The molecule has 1 saturated carbocycles. The molecule has 3 atom stereocenters. The number of rotatable bonds is 6. The van der Waals surface area contributed by atoms with Gasteiger partial charge in [-0.15, -0.1) is 0 Å². The molecule has 0 radical (unpaired) electrons. The third kappa shape index (κ3) is 5.31. The van der Waals surface area contributed by atoms with Crippen LogP contribution in [0.25, 0.3) is 32.9 Å². The van der Waals surface area contributed by atoms with Crippen LogP contribution in [0.3, 0.4) is 0 Å². The molecule has 6 heterocycles. The van der Waals surface area contributed by atoms with Gasteiger partial charge in [0.25, 0.3) is 0 Å². The molecule has 2 bridgehead atoms. The molecule has 1 unspecified atom stereocenters. The summed E-state index contributed by atoms with van der Waals surface area (Å²) in [5.41, 5.74) is 2.97. The predicted octanol–water partition coefficient (Wildman–Crippen LogP) is 6.35. The van der Waals surface area contributed by atoms with Crippen molar-refractivity contribution in [1.29, 1.82) is 0 Å². The molecule has 12 nitrogen and oxygen atoms in total. The Morgan fingerprint density at radius 1 is 1.04 bits per heavy atom. The molecule has 1 amide bonds. The lowest BCUT2D eigenvalue weighted by Gasteiger charge is -2.36. The van der Waals surface area contributed by atoms with Crippen molar-refractivity contribution in [2.24, 2.45) is 0 Å². The first-order valence-electron chi connectivity index (χ1n) is 17.9. The Labute approximate surface area is 289 Å². The van der Waals surface area contributed by atoms with Crippen molar-refractivity contribution >= 4 is 33.7 Å². The van der Waals surface area contributed by atoms with Crippen LogP contribution in [-0.4, -0.2) is 92.5 Å². The molecule has 4 aliphatic heterocycles. The summed E-state index contributed by atoms with van der Waals surface area (Å²) in [4.78, 5) is 26.9. The summed E-state index contributed by atoms with van der Waals surface area (Å²) in [6.07, 6.45) is 6.52. The number of hydrogen-bond acceptors (Lipinski definition) is 10. The third-order valence-corrected chi connectivity index (χ3v) is 10.8. The van der Waals surface area contributed by atoms with Gasteiger partial charge in [0.2, 0.25) is 0 Å². The molecule has 1 N–H and O–H groups in total. The van der Waals surface area contributed by atoms with E-state index in [9.17, 15) is 9.90 Å². The summed E-state index contributed by atoms with van der Waals surface area (Å²) in [5, 5.41) is 18.6. The van der Waals surface area contributed by atoms with E-state index in [-0.39, 0.29) is 54.0 Å². The molecule has 4 saturated heterocycles. The van der Waals surface area contributed by atoms with Crippen LogP contribution in [0, 0.1) is 12.7 Å². The van der Waals surface area contributed by atoms with E-state index in [1.165, 1.54) is 6.07 Å². The molecule has 5 fully saturated rings. The molecule has 4 aromatic rings. The van der Waals surface area contributed by atoms with Crippen molar-refractivity contribution in [2.45, 2.75) is 102 Å². The zero-order valence-electron chi connectivity index (χ0n) is 28.9. The van der Waals surface area contributed by atoms with Gasteiger partial charge in [-0.3, -0.25) is 0 Å². The zero-order valence-corrected chi connectivity index (χ0v) is 28.9. The van der Waals surface area contributed by atoms with Gasteiger partial charge in [0.05, 0.1) is 37.0 Å². The van der Waals surface area contributed by atoms with Crippen LogP contribution >= 0.6 is 0 Å². The predicted molar refractivity (Wildman–Crippen MR) is 183 cm³/mol. The largest absolute Gasteiger partial charge is 0.505 e. The minimum absolute atomic E-state index is 0.00892. The molecular formula is C37H43FN6O6. The molecule has 50 heavy (non-hydrogen) atoms. The Morgan fingerprint density at radius 3 is 2.52 bits per heavy atom. The smallest absolute Gasteiger partial charge is 0.410 e. The summed E-state index contributed by atoms with van der Waals surface area (Å²) in [7, 11) is 0. The fourth-order valence-corrected chi connectivity index (χ4v) is 8.11. The number of aromatic hydroxyl groups is 1. The summed E-state index contributed by atoms with van der Waals surface area (Å²) in [6, 6.07) is 3.75. The number of fused-ring (bicyclic) bond motifs is 4. The normalized spacial score (nSPS) is 24.0. The second kappa shape index (κ2) is 11.7. The number of anilines is 1. The topological polar surface area (TPSA) is 124 Å². The van der Waals surface area contributed by atoms with E-state index in [1.54, 1.807) is 17.8 Å². The molecule has 2 aromatic carbocycles. The van der Waals surface area contributed by atoms with E-state index >= 15 is 4.39 Å². The van der Waals surface area contributed by atoms with E-state index in [1.807, 2.05) is 25.7 Å². The number of halogens is 1. The number of nitrogens with zero attached hydrogens (tertiary/aromatic N) is 6. The standard InChI is InChI=1S/C37H43FN6O6/c1-19-27(38)13-28-26(14-39-44(28)29-7-5-6-10-48-29)30(19)31-24(20-8-9-20)12-25-32(33(31)45)40-35(49-23-17-47-18-23)41-34(25)42-15-22-11-21(42)16-43(22)36(46)50-37(2,3)4/h12-14,20-23,29,45H,5-11,15-18H2,1-4H3/t21-,22-,29?/m0/s1. The van der Waals surface area contributed by atoms with E-state index in [4.69, 9.17) is 34.0 Å². The second-order valence-electron chi connectivity index (χ2n) is 15.5. The van der Waals surface area contributed by atoms with Crippen molar-refractivity contribution < 1.29 is 33.2 Å². The summed E-state index contributed by atoms with van der Waals surface area (Å²) < 4.78 is 41.0. The van der Waals surface area contributed by atoms with Crippen LogP contribution < -0.4 is 9.64 Å². The number of carbonyl (C=O) groups is 1. The zero-order chi connectivity index (χ0) is 34.5. The quantitative estimate of drug-likeness (QED) is 0.245. The van der Waals surface area contributed by atoms with Crippen molar-refractivity contribution in [2.75, 3.05) is 37.8 Å². The monoisotopic (exact) mass is 686 g/mol.